The molecular weight excluding hydrogens is 178 g/mol. The van der Waals surface area contributed by atoms with Gasteiger partial charge in [-0.05, 0) is 24.7 Å². The van der Waals surface area contributed by atoms with Crippen molar-refractivity contribution in [3.05, 3.63) is 5.82 Å². The van der Waals surface area contributed by atoms with Crippen molar-refractivity contribution in [3.8, 4) is 0 Å². The molecule has 2 aliphatic rings. The van der Waals surface area contributed by atoms with Crippen LogP contribution in [0.25, 0.3) is 0 Å². The summed E-state index contributed by atoms with van der Waals surface area (Å²) in [6, 6.07) is 0. The molecule has 0 amide bonds. The number of hydrogen-bond acceptors (Lipinski definition) is 4. The molecule has 1 aromatic rings. The molecule has 5 nitrogen and oxygen atoms in total. The summed E-state index contributed by atoms with van der Waals surface area (Å²) in [5, 5.41) is 7.87. The molecule has 76 valence electrons. The number of hydrogen-bond donors (Lipinski definition) is 2. The van der Waals surface area contributed by atoms with E-state index in [-0.39, 0.29) is 0 Å². The van der Waals surface area contributed by atoms with Gasteiger partial charge in [0.25, 0.3) is 0 Å². The van der Waals surface area contributed by atoms with Crippen LogP contribution in [0.15, 0.2) is 0 Å². The highest BCUT2D eigenvalue weighted by Gasteiger charge is 2.53. The van der Waals surface area contributed by atoms with Gasteiger partial charge in [0, 0.05) is 5.92 Å². The number of nitrogens with zero attached hydrogens (tertiary/aromatic N) is 3. The smallest absolute Gasteiger partial charge is 0.240 e. The Morgan fingerprint density at radius 3 is 2.29 bits per heavy atom. The first-order chi connectivity index (χ1) is 6.79. The Labute approximate surface area is 82.5 Å². The largest absolute Gasteiger partial charge is 0.366 e. The van der Waals surface area contributed by atoms with Crippen LogP contribution in [0.2, 0.25) is 0 Å². The maximum Gasteiger partial charge on any atom is 0.240 e. The topological polar surface area (TPSA) is 82.8 Å². The molecule has 4 N–H and O–H groups in total. The van der Waals surface area contributed by atoms with Crippen LogP contribution in [0.1, 0.15) is 37.4 Å². The third-order valence-electron chi connectivity index (χ3n) is 3.70. The Balaban J connectivity index is 1.87. The van der Waals surface area contributed by atoms with Gasteiger partial charge in [-0.15, -0.1) is 10.2 Å². The molecule has 0 radical (unpaired) electrons. The van der Waals surface area contributed by atoms with Crippen molar-refractivity contribution in [2.75, 3.05) is 11.6 Å². The van der Waals surface area contributed by atoms with E-state index < -0.39 is 0 Å². The molecule has 1 aromatic heterocycles. The fourth-order valence-corrected chi connectivity index (χ4v) is 2.92. The van der Waals surface area contributed by atoms with Gasteiger partial charge < -0.3 is 11.6 Å². The van der Waals surface area contributed by atoms with Gasteiger partial charge in [-0.3, -0.25) is 0 Å². The minimum Gasteiger partial charge on any atom is -0.366 e. The summed E-state index contributed by atoms with van der Waals surface area (Å²) in [6.45, 7) is 0. The number of rotatable bonds is 1. The van der Waals surface area contributed by atoms with E-state index in [4.69, 9.17) is 11.6 Å². The van der Waals surface area contributed by atoms with Crippen molar-refractivity contribution in [1.29, 1.82) is 0 Å². The predicted molar refractivity (Wildman–Crippen MR) is 52.8 cm³/mol. The third-order valence-corrected chi connectivity index (χ3v) is 3.70. The Morgan fingerprint density at radius 2 is 1.79 bits per heavy atom. The summed E-state index contributed by atoms with van der Waals surface area (Å²) in [5.41, 5.74) is 5.56. The number of nitrogen functional groups attached to an aromatic ring is 2. The highest BCUT2D eigenvalue weighted by atomic mass is 15.4. The lowest BCUT2D eigenvalue weighted by Gasteiger charge is -2.04. The monoisotopic (exact) mass is 193 g/mol. The Hall–Kier alpha value is -1.26. The van der Waals surface area contributed by atoms with E-state index in [1.54, 1.807) is 0 Å². The lowest BCUT2D eigenvalue weighted by molar-refractivity contribution is 0.480. The van der Waals surface area contributed by atoms with Crippen molar-refractivity contribution in [2.45, 2.75) is 31.6 Å². The van der Waals surface area contributed by atoms with Crippen molar-refractivity contribution >= 4 is 5.95 Å². The van der Waals surface area contributed by atoms with E-state index >= 15 is 0 Å². The van der Waals surface area contributed by atoms with Gasteiger partial charge in [-0.1, -0.05) is 12.8 Å². The lowest BCUT2D eigenvalue weighted by Crippen LogP contribution is -2.15. The average molecular weight is 193 g/mol. The Morgan fingerprint density at radius 1 is 1.14 bits per heavy atom. The Bertz CT molecular complexity index is 346. The number of anilines is 1. The van der Waals surface area contributed by atoms with Crippen molar-refractivity contribution in [3.63, 3.8) is 0 Å². The summed E-state index contributed by atoms with van der Waals surface area (Å²) in [6.07, 6.45) is 5.35. The molecule has 0 spiro atoms. The van der Waals surface area contributed by atoms with Crippen molar-refractivity contribution in [2.24, 2.45) is 11.8 Å². The first-order valence-corrected chi connectivity index (χ1v) is 5.25. The average Bonchev–Trinajstić information content (AvgIpc) is 2.84. The van der Waals surface area contributed by atoms with Crippen LogP contribution >= 0.6 is 0 Å². The van der Waals surface area contributed by atoms with Crippen LogP contribution < -0.4 is 11.6 Å². The van der Waals surface area contributed by atoms with Gasteiger partial charge >= 0.3 is 0 Å². The van der Waals surface area contributed by atoms with Crippen LogP contribution in [0.3, 0.4) is 0 Å². The standard InChI is InChI=1S/C9H15N5/c10-9-13-12-8(14(9)11)7-5-3-1-2-4-6(5)7/h5-7H,1-4,11H2,(H2,10,13). The van der Waals surface area contributed by atoms with Gasteiger partial charge in [-0.2, -0.15) is 0 Å². The summed E-state index contributed by atoms with van der Waals surface area (Å²) in [5.74, 6) is 9.11. The fourth-order valence-electron chi connectivity index (χ4n) is 2.92. The molecule has 5 heteroatoms. The molecule has 2 aliphatic carbocycles. The first kappa shape index (κ1) is 8.08. The van der Waals surface area contributed by atoms with Crippen LogP contribution in [-0.2, 0) is 0 Å². The molecule has 0 saturated heterocycles. The normalized spacial score (nSPS) is 35.3. The minimum absolute atomic E-state index is 0.323. The highest BCUT2D eigenvalue weighted by Crippen LogP contribution is 2.60. The van der Waals surface area contributed by atoms with E-state index in [1.807, 2.05) is 0 Å². The molecule has 2 fully saturated rings. The number of aromatic nitrogens is 3. The Kier molecular flexibility index (Phi) is 1.51. The second kappa shape index (κ2) is 2.62. The van der Waals surface area contributed by atoms with E-state index in [2.05, 4.69) is 10.2 Å². The fraction of sp³-hybridized carbons (Fsp3) is 0.778. The zero-order valence-electron chi connectivity index (χ0n) is 8.06. The van der Waals surface area contributed by atoms with Crippen LogP contribution in [0.4, 0.5) is 5.95 Å². The molecule has 2 saturated carbocycles. The molecular formula is C9H15N5. The summed E-state index contributed by atoms with van der Waals surface area (Å²) in [7, 11) is 0. The van der Waals surface area contributed by atoms with Crippen molar-refractivity contribution < 1.29 is 0 Å². The van der Waals surface area contributed by atoms with Gasteiger partial charge in [0.15, 0.2) is 5.82 Å². The predicted octanol–water partition coefficient (Wildman–Crippen LogP) is 0.478. The van der Waals surface area contributed by atoms with Gasteiger partial charge in [0.1, 0.15) is 0 Å². The van der Waals surface area contributed by atoms with E-state index in [9.17, 15) is 0 Å². The zero-order valence-corrected chi connectivity index (χ0v) is 8.06. The number of fused-ring (bicyclic) bond motifs is 1. The molecule has 2 atom stereocenters. The summed E-state index contributed by atoms with van der Waals surface area (Å²) in [4.78, 5) is 0. The van der Waals surface area contributed by atoms with Crippen LogP contribution in [0, 0.1) is 11.8 Å². The SMILES string of the molecule is Nc1nnc(C2C3CCCCC32)n1N. The minimum atomic E-state index is 0.323. The maximum atomic E-state index is 5.76. The molecule has 2 unspecified atom stereocenters. The highest BCUT2D eigenvalue weighted by molar-refractivity contribution is 5.25. The maximum absolute atomic E-state index is 5.76. The molecule has 14 heavy (non-hydrogen) atoms. The lowest BCUT2D eigenvalue weighted by atomic mass is 10.0. The summed E-state index contributed by atoms with van der Waals surface area (Å²) >= 11 is 0. The molecule has 0 bridgehead atoms. The van der Waals surface area contributed by atoms with Gasteiger partial charge in [0.2, 0.25) is 5.95 Å². The number of nitrogens with two attached hydrogens (primary N) is 2. The molecule has 0 aromatic carbocycles. The second-order valence-electron chi connectivity index (χ2n) is 4.42. The quantitative estimate of drug-likeness (QED) is 0.635. The molecule has 1 heterocycles. The first-order valence-electron chi connectivity index (χ1n) is 5.25. The van der Waals surface area contributed by atoms with E-state index in [0.29, 0.717) is 11.9 Å². The van der Waals surface area contributed by atoms with E-state index in [1.165, 1.54) is 30.4 Å². The van der Waals surface area contributed by atoms with Crippen LogP contribution in [-0.4, -0.2) is 14.9 Å². The third kappa shape index (κ3) is 0.951. The van der Waals surface area contributed by atoms with Crippen LogP contribution in [0.5, 0.6) is 0 Å². The molecule has 0 aliphatic heterocycles. The van der Waals surface area contributed by atoms with E-state index in [0.717, 1.165) is 17.7 Å². The zero-order chi connectivity index (χ0) is 9.71. The molecule has 3 rings (SSSR count). The summed E-state index contributed by atoms with van der Waals surface area (Å²) < 4.78 is 1.45. The van der Waals surface area contributed by atoms with Gasteiger partial charge in [0.05, 0.1) is 0 Å². The van der Waals surface area contributed by atoms with Crippen molar-refractivity contribution in [1.82, 2.24) is 14.9 Å². The van der Waals surface area contributed by atoms with Gasteiger partial charge in [-0.25, -0.2) is 4.68 Å². The second-order valence-corrected chi connectivity index (χ2v) is 4.42.